The van der Waals surface area contributed by atoms with E-state index in [1.165, 1.54) is 12.3 Å². The maximum atomic E-state index is 10.3. The Kier molecular flexibility index (Phi) is 2.76. The van der Waals surface area contributed by atoms with E-state index in [1.54, 1.807) is 36.5 Å². The number of hydrogen-bond donors (Lipinski definition) is 1. The molecule has 0 spiro atoms. The van der Waals surface area contributed by atoms with Crippen molar-refractivity contribution < 1.29 is 9.90 Å². The first-order chi connectivity index (χ1) is 7.83. The number of nitrogens with zero attached hydrogens (tertiary/aromatic N) is 2. The second kappa shape index (κ2) is 4.38. The topological polar surface area (TPSA) is 62.5 Å². The highest BCUT2D eigenvalue weighted by molar-refractivity contribution is 5.80. The summed E-state index contributed by atoms with van der Waals surface area (Å²) in [6, 6.07) is 8.52. The molecule has 0 fully saturated rings. The zero-order valence-electron chi connectivity index (χ0n) is 8.29. The number of aliphatic imine (C=N–C) groups is 1. The van der Waals surface area contributed by atoms with Crippen LogP contribution in [0.1, 0.15) is 0 Å². The fraction of sp³-hybridized carbons (Fsp3) is 0. The van der Waals surface area contributed by atoms with Gasteiger partial charge in [0.1, 0.15) is 11.4 Å². The van der Waals surface area contributed by atoms with E-state index in [4.69, 9.17) is 0 Å². The second-order valence-electron chi connectivity index (χ2n) is 3.11. The summed E-state index contributed by atoms with van der Waals surface area (Å²) in [4.78, 5) is 17.7. The van der Waals surface area contributed by atoms with Crippen molar-refractivity contribution >= 4 is 11.8 Å². The number of hydrogen-bond acceptors (Lipinski definition) is 4. The van der Waals surface area contributed by atoms with E-state index < -0.39 is 0 Å². The van der Waals surface area contributed by atoms with Crippen LogP contribution in [0.4, 0.5) is 5.69 Å². The molecule has 0 atom stereocenters. The Bertz CT molecular complexity index is 560. The van der Waals surface area contributed by atoms with Crippen LogP contribution >= 0.6 is 0 Å². The molecule has 0 bridgehead atoms. The zero-order chi connectivity index (χ0) is 11.4. The summed E-state index contributed by atoms with van der Waals surface area (Å²) < 4.78 is 0. The average molecular weight is 212 g/mol. The van der Waals surface area contributed by atoms with E-state index in [2.05, 4.69) is 9.98 Å². The molecule has 0 aliphatic rings. The van der Waals surface area contributed by atoms with Crippen molar-refractivity contribution in [2.45, 2.75) is 0 Å². The molecule has 0 saturated heterocycles. The van der Waals surface area contributed by atoms with Crippen molar-refractivity contribution in [2.75, 3.05) is 0 Å². The molecule has 78 valence electrons. The van der Waals surface area contributed by atoms with Crippen LogP contribution in [-0.4, -0.2) is 16.2 Å². The third-order valence-electron chi connectivity index (χ3n) is 2.16. The van der Waals surface area contributed by atoms with Crippen LogP contribution < -0.4 is 0 Å². The van der Waals surface area contributed by atoms with Gasteiger partial charge in [0.25, 0.3) is 0 Å². The number of rotatable bonds is 2. The van der Waals surface area contributed by atoms with Gasteiger partial charge in [-0.25, -0.2) is 4.79 Å². The summed E-state index contributed by atoms with van der Waals surface area (Å²) in [7, 11) is 0. The zero-order valence-corrected chi connectivity index (χ0v) is 8.29. The summed E-state index contributed by atoms with van der Waals surface area (Å²) >= 11 is 0. The molecule has 4 heteroatoms. The van der Waals surface area contributed by atoms with Gasteiger partial charge in [0.2, 0.25) is 6.08 Å². The van der Waals surface area contributed by atoms with Crippen LogP contribution in [0.3, 0.4) is 0 Å². The lowest BCUT2D eigenvalue weighted by atomic mass is 10.0. The van der Waals surface area contributed by atoms with E-state index >= 15 is 0 Å². The van der Waals surface area contributed by atoms with Crippen molar-refractivity contribution in [3.63, 3.8) is 0 Å². The maximum absolute atomic E-state index is 10.3. The maximum Gasteiger partial charge on any atom is 0.240 e. The Morgan fingerprint density at radius 1 is 1.19 bits per heavy atom. The molecule has 2 aromatic rings. The minimum absolute atomic E-state index is 0.135. The van der Waals surface area contributed by atoms with E-state index in [9.17, 15) is 9.90 Å². The summed E-state index contributed by atoms with van der Waals surface area (Å²) in [5.41, 5.74) is 1.65. The Morgan fingerprint density at radius 2 is 2.00 bits per heavy atom. The van der Waals surface area contributed by atoms with Gasteiger partial charge < -0.3 is 5.11 Å². The highest BCUT2D eigenvalue weighted by atomic mass is 16.3. The average Bonchev–Trinajstić information content (AvgIpc) is 2.31. The van der Waals surface area contributed by atoms with Crippen molar-refractivity contribution in [2.24, 2.45) is 4.99 Å². The molecular formula is C12H8N2O2. The molecule has 0 radical (unpaired) electrons. The van der Waals surface area contributed by atoms with Gasteiger partial charge in [-0.15, -0.1) is 0 Å². The van der Waals surface area contributed by atoms with Crippen molar-refractivity contribution in [3.05, 3.63) is 42.7 Å². The molecular weight excluding hydrogens is 204 g/mol. The number of phenols is 1. The number of phenolic OH excluding ortho intramolecular Hbond substituents is 1. The Balaban J connectivity index is 2.64. The fourth-order valence-corrected chi connectivity index (χ4v) is 1.45. The minimum Gasteiger partial charge on any atom is -0.507 e. The standard InChI is InChI=1S/C12H8N2O2/c15-8-14-11-7-13-6-5-9(11)10-3-1-2-4-12(10)16/h1-7,16H. The monoisotopic (exact) mass is 212 g/mol. The highest BCUT2D eigenvalue weighted by Crippen LogP contribution is 2.34. The van der Waals surface area contributed by atoms with Crippen LogP contribution in [0.2, 0.25) is 0 Å². The normalized spacial score (nSPS) is 9.50. The van der Waals surface area contributed by atoms with Crippen LogP contribution in [0.25, 0.3) is 11.1 Å². The Hall–Kier alpha value is -2.45. The number of isocyanates is 1. The molecule has 0 saturated carbocycles. The van der Waals surface area contributed by atoms with E-state index in [-0.39, 0.29) is 5.75 Å². The SMILES string of the molecule is O=C=Nc1cnccc1-c1ccccc1O. The number of aromatic hydroxyl groups is 1. The van der Waals surface area contributed by atoms with Gasteiger partial charge in [-0.3, -0.25) is 4.98 Å². The third kappa shape index (κ3) is 1.82. The lowest BCUT2D eigenvalue weighted by molar-refractivity contribution is 0.477. The number of para-hydroxylation sites is 1. The first-order valence-corrected chi connectivity index (χ1v) is 4.63. The molecule has 1 N–H and O–H groups in total. The molecule has 0 aliphatic carbocycles. The highest BCUT2D eigenvalue weighted by Gasteiger charge is 2.07. The van der Waals surface area contributed by atoms with Crippen molar-refractivity contribution in [1.29, 1.82) is 0 Å². The third-order valence-corrected chi connectivity index (χ3v) is 2.16. The van der Waals surface area contributed by atoms with Gasteiger partial charge >= 0.3 is 0 Å². The van der Waals surface area contributed by atoms with Crippen molar-refractivity contribution in [3.8, 4) is 16.9 Å². The van der Waals surface area contributed by atoms with Crippen LogP contribution in [-0.2, 0) is 4.79 Å². The summed E-state index contributed by atoms with van der Waals surface area (Å²) in [5, 5.41) is 9.70. The number of benzene rings is 1. The molecule has 16 heavy (non-hydrogen) atoms. The lowest BCUT2D eigenvalue weighted by Crippen LogP contribution is -1.81. The van der Waals surface area contributed by atoms with Gasteiger partial charge in [-0.2, -0.15) is 4.99 Å². The van der Waals surface area contributed by atoms with Crippen LogP contribution in [0.15, 0.2) is 47.7 Å². The Morgan fingerprint density at radius 3 is 2.75 bits per heavy atom. The quantitative estimate of drug-likeness (QED) is 0.614. The summed E-state index contributed by atoms with van der Waals surface area (Å²) in [6.45, 7) is 0. The molecule has 0 aliphatic heterocycles. The largest absolute Gasteiger partial charge is 0.507 e. The first-order valence-electron chi connectivity index (χ1n) is 4.63. The molecule has 1 heterocycles. The smallest absolute Gasteiger partial charge is 0.240 e. The number of aromatic nitrogens is 1. The Labute approximate surface area is 91.9 Å². The predicted octanol–water partition coefficient (Wildman–Crippen LogP) is 2.42. The molecule has 0 unspecified atom stereocenters. The summed E-state index contributed by atoms with van der Waals surface area (Å²) in [6.07, 6.45) is 4.49. The molecule has 2 rings (SSSR count). The molecule has 1 aromatic heterocycles. The lowest BCUT2D eigenvalue weighted by Gasteiger charge is -2.05. The number of pyridine rings is 1. The van der Waals surface area contributed by atoms with Gasteiger partial charge in [-0.05, 0) is 12.1 Å². The first kappa shape index (κ1) is 10.1. The van der Waals surface area contributed by atoms with Gasteiger partial charge in [0.05, 0.1) is 6.20 Å². The van der Waals surface area contributed by atoms with E-state index in [0.29, 0.717) is 16.8 Å². The summed E-state index contributed by atoms with van der Waals surface area (Å²) in [5.74, 6) is 0.135. The van der Waals surface area contributed by atoms with Crippen LogP contribution in [0, 0.1) is 0 Å². The van der Waals surface area contributed by atoms with E-state index in [0.717, 1.165) is 0 Å². The van der Waals surface area contributed by atoms with Gasteiger partial charge in [-0.1, -0.05) is 18.2 Å². The number of carbonyl (C=O) groups excluding carboxylic acids is 1. The van der Waals surface area contributed by atoms with Crippen molar-refractivity contribution in [1.82, 2.24) is 4.98 Å². The fourth-order valence-electron chi connectivity index (χ4n) is 1.45. The molecule has 0 amide bonds. The van der Waals surface area contributed by atoms with Gasteiger partial charge in [0, 0.05) is 17.3 Å². The predicted molar refractivity (Wildman–Crippen MR) is 59.1 cm³/mol. The minimum atomic E-state index is 0.135. The van der Waals surface area contributed by atoms with Gasteiger partial charge in [0.15, 0.2) is 0 Å². The molecule has 1 aromatic carbocycles. The van der Waals surface area contributed by atoms with Crippen LogP contribution in [0.5, 0.6) is 5.75 Å². The van der Waals surface area contributed by atoms with E-state index in [1.807, 2.05) is 0 Å². The molecule has 4 nitrogen and oxygen atoms in total. The second-order valence-corrected chi connectivity index (χ2v) is 3.11.